The van der Waals surface area contributed by atoms with Crippen LogP contribution in [-0.2, 0) is 9.53 Å². The number of aryl methyl sites for hydroxylation is 1. The van der Waals surface area contributed by atoms with Crippen LogP contribution in [-0.4, -0.2) is 43.5 Å². The Kier molecular flexibility index (Phi) is 6.22. The number of nitrogens with two attached hydrogens (primary N) is 1. The molecule has 0 aliphatic rings. The molecule has 2 N–H and O–H groups in total. The molecule has 1 amide bonds. The Balaban J connectivity index is 2.93. The highest BCUT2D eigenvalue weighted by atomic mass is 32.1. The highest BCUT2D eigenvalue weighted by Crippen LogP contribution is 2.22. The summed E-state index contributed by atoms with van der Waals surface area (Å²) >= 11 is 1.31. The third-order valence-corrected chi connectivity index (χ3v) is 3.79. The molecule has 0 saturated heterocycles. The fourth-order valence-electron chi connectivity index (χ4n) is 1.55. The first kappa shape index (κ1) is 16.2. The normalized spacial score (nSPS) is 9.60. The monoisotopic (exact) mass is 294 g/mol. The van der Waals surface area contributed by atoms with Crippen molar-refractivity contribution in [2.24, 2.45) is 5.73 Å². The molecule has 0 unspecified atom stereocenters. The molecule has 20 heavy (non-hydrogen) atoms. The maximum Gasteiger partial charge on any atom is 0.325 e. The van der Waals surface area contributed by atoms with Gasteiger partial charge in [0.05, 0.1) is 23.4 Å². The van der Waals surface area contributed by atoms with Crippen molar-refractivity contribution in [3.8, 4) is 11.8 Å². The summed E-state index contributed by atoms with van der Waals surface area (Å²) in [4.78, 5) is 26.4. The van der Waals surface area contributed by atoms with E-state index in [9.17, 15) is 9.59 Å². The van der Waals surface area contributed by atoms with Gasteiger partial charge >= 0.3 is 5.97 Å². The van der Waals surface area contributed by atoms with Crippen LogP contribution in [0.1, 0.15) is 27.0 Å². The summed E-state index contributed by atoms with van der Waals surface area (Å²) in [6.07, 6.45) is 0. The Morgan fingerprint density at radius 3 is 2.75 bits per heavy atom. The average Bonchev–Trinajstić information content (AvgIpc) is 2.82. The topological polar surface area (TPSA) is 72.6 Å². The van der Waals surface area contributed by atoms with E-state index in [0.29, 0.717) is 11.4 Å². The molecule has 1 aromatic rings. The Labute approximate surface area is 122 Å². The minimum Gasteiger partial charge on any atom is -0.468 e. The van der Waals surface area contributed by atoms with E-state index in [1.165, 1.54) is 23.3 Å². The molecule has 1 aromatic heterocycles. The molecule has 5 nitrogen and oxygen atoms in total. The molecule has 1 heterocycles. The lowest BCUT2D eigenvalue weighted by atomic mass is 10.2. The van der Waals surface area contributed by atoms with Crippen molar-refractivity contribution in [2.45, 2.75) is 13.8 Å². The second-order valence-electron chi connectivity index (χ2n) is 4.02. The van der Waals surface area contributed by atoms with Gasteiger partial charge in [-0.3, -0.25) is 9.59 Å². The first-order chi connectivity index (χ1) is 9.53. The summed E-state index contributed by atoms with van der Waals surface area (Å²) in [5.41, 5.74) is 6.28. The molecule has 0 spiro atoms. The van der Waals surface area contributed by atoms with E-state index in [1.54, 1.807) is 6.07 Å². The number of carbonyl (C=O) groups excluding carboxylic acids is 2. The van der Waals surface area contributed by atoms with Gasteiger partial charge < -0.3 is 15.4 Å². The molecule has 0 aliphatic heterocycles. The van der Waals surface area contributed by atoms with Crippen molar-refractivity contribution in [3.63, 3.8) is 0 Å². The number of methoxy groups -OCH3 is 1. The van der Waals surface area contributed by atoms with Crippen LogP contribution in [0.3, 0.4) is 0 Å². The summed E-state index contributed by atoms with van der Waals surface area (Å²) in [5, 5.41) is 0. The quantitative estimate of drug-likeness (QED) is 0.664. The maximum atomic E-state index is 12.3. The van der Waals surface area contributed by atoms with Gasteiger partial charge in [-0.15, -0.1) is 11.3 Å². The van der Waals surface area contributed by atoms with Gasteiger partial charge in [-0.25, -0.2) is 0 Å². The zero-order valence-electron chi connectivity index (χ0n) is 11.9. The van der Waals surface area contributed by atoms with Crippen molar-refractivity contribution >= 4 is 23.2 Å². The van der Waals surface area contributed by atoms with E-state index in [4.69, 9.17) is 5.73 Å². The fraction of sp³-hybridized carbons (Fsp3) is 0.429. The molecule has 0 saturated carbocycles. The number of esters is 1. The number of nitrogens with zero attached hydrogens (tertiary/aromatic N) is 1. The Bertz CT molecular complexity index is 555. The lowest BCUT2D eigenvalue weighted by Gasteiger charge is -2.18. The molecular formula is C14H18N2O3S. The largest absolute Gasteiger partial charge is 0.468 e. The van der Waals surface area contributed by atoms with E-state index in [1.807, 2.05) is 13.8 Å². The Morgan fingerprint density at radius 1 is 1.50 bits per heavy atom. The van der Waals surface area contributed by atoms with E-state index in [0.717, 1.165) is 10.4 Å². The molecule has 0 atom stereocenters. The molecule has 0 bridgehead atoms. The van der Waals surface area contributed by atoms with Gasteiger partial charge in [0.15, 0.2) is 0 Å². The highest BCUT2D eigenvalue weighted by Gasteiger charge is 2.20. The summed E-state index contributed by atoms with van der Waals surface area (Å²) < 4.78 is 4.58. The molecular weight excluding hydrogens is 276 g/mol. The molecule has 0 fully saturated rings. The van der Waals surface area contributed by atoms with E-state index in [-0.39, 0.29) is 19.0 Å². The summed E-state index contributed by atoms with van der Waals surface area (Å²) in [6.45, 7) is 4.38. The van der Waals surface area contributed by atoms with Gasteiger partial charge in [-0.1, -0.05) is 11.8 Å². The van der Waals surface area contributed by atoms with Gasteiger partial charge in [0.25, 0.3) is 5.91 Å². The second-order valence-corrected chi connectivity index (χ2v) is 5.08. The van der Waals surface area contributed by atoms with Crippen LogP contribution in [0.4, 0.5) is 0 Å². The van der Waals surface area contributed by atoms with Gasteiger partial charge in [0, 0.05) is 6.54 Å². The van der Waals surface area contributed by atoms with E-state index < -0.39 is 5.97 Å². The number of ether oxygens (including phenoxy) is 1. The SMILES string of the molecule is CCN(CC(=O)OC)C(=O)c1cc(C)c(C#CCN)s1. The molecule has 6 heteroatoms. The van der Waals surface area contributed by atoms with Crippen LogP contribution in [0, 0.1) is 18.8 Å². The first-order valence-electron chi connectivity index (χ1n) is 6.18. The zero-order chi connectivity index (χ0) is 15.1. The van der Waals surface area contributed by atoms with Gasteiger partial charge in [-0.05, 0) is 25.5 Å². The van der Waals surface area contributed by atoms with Crippen molar-refractivity contribution in [3.05, 3.63) is 21.4 Å². The average molecular weight is 294 g/mol. The van der Waals surface area contributed by atoms with Crippen molar-refractivity contribution in [1.82, 2.24) is 4.90 Å². The second kappa shape index (κ2) is 7.68. The molecule has 0 aliphatic carbocycles. The summed E-state index contributed by atoms with van der Waals surface area (Å²) in [6, 6.07) is 1.79. The maximum absolute atomic E-state index is 12.3. The lowest BCUT2D eigenvalue weighted by molar-refractivity contribution is -0.141. The van der Waals surface area contributed by atoms with Crippen LogP contribution in [0.15, 0.2) is 6.07 Å². The summed E-state index contributed by atoms with van der Waals surface area (Å²) in [7, 11) is 1.30. The molecule has 108 valence electrons. The van der Waals surface area contributed by atoms with Crippen LogP contribution >= 0.6 is 11.3 Å². The predicted octanol–water partition coefficient (Wildman–Crippen LogP) is 1.00. The number of hydrogen-bond donors (Lipinski definition) is 1. The van der Waals surface area contributed by atoms with Crippen molar-refractivity contribution in [2.75, 3.05) is 26.7 Å². The molecule has 0 radical (unpaired) electrons. The molecule has 0 aromatic carbocycles. The first-order valence-corrected chi connectivity index (χ1v) is 7.00. The lowest BCUT2D eigenvalue weighted by Crippen LogP contribution is -2.35. The van der Waals surface area contributed by atoms with E-state index >= 15 is 0 Å². The van der Waals surface area contributed by atoms with Crippen LogP contribution in [0.25, 0.3) is 0 Å². The number of thiophene rings is 1. The third kappa shape index (κ3) is 4.08. The highest BCUT2D eigenvalue weighted by molar-refractivity contribution is 7.14. The number of rotatable bonds is 4. The number of amides is 1. The van der Waals surface area contributed by atoms with Crippen LogP contribution < -0.4 is 5.73 Å². The zero-order valence-corrected chi connectivity index (χ0v) is 12.7. The van der Waals surface area contributed by atoms with Gasteiger partial charge in [0.2, 0.25) is 0 Å². The summed E-state index contributed by atoms with van der Waals surface area (Å²) in [5.74, 6) is 5.09. The van der Waals surface area contributed by atoms with Crippen molar-refractivity contribution < 1.29 is 14.3 Å². The number of carbonyl (C=O) groups is 2. The minimum absolute atomic E-state index is 0.0490. The van der Waals surface area contributed by atoms with Crippen LogP contribution in [0.5, 0.6) is 0 Å². The minimum atomic E-state index is -0.434. The standard InChI is InChI=1S/C14H18N2O3S/c1-4-16(9-13(17)19-3)14(18)12-8-10(2)11(20-12)6-5-7-15/h8H,4,7,9,15H2,1-3H3. The number of hydrogen-bond acceptors (Lipinski definition) is 5. The smallest absolute Gasteiger partial charge is 0.325 e. The Hall–Kier alpha value is -1.84. The van der Waals surface area contributed by atoms with Crippen molar-refractivity contribution in [1.29, 1.82) is 0 Å². The van der Waals surface area contributed by atoms with Gasteiger partial charge in [0.1, 0.15) is 6.54 Å². The third-order valence-electron chi connectivity index (χ3n) is 2.65. The Morgan fingerprint density at radius 2 is 2.20 bits per heavy atom. The fourth-order valence-corrected chi connectivity index (χ4v) is 2.56. The van der Waals surface area contributed by atoms with Gasteiger partial charge in [-0.2, -0.15) is 0 Å². The van der Waals surface area contributed by atoms with Crippen LogP contribution in [0.2, 0.25) is 0 Å². The number of likely N-dealkylation sites (N-methyl/N-ethyl adjacent to an activating group) is 1. The molecule has 1 rings (SSSR count). The predicted molar refractivity (Wildman–Crippen MR) is 78.6 cm³/mol. The van der Waals surface area contributed by atoms with E-state index in [2.05, 4.69) is 16.6 Å².